The lowest BCUT2D eigenvalue weighted by atomic mass is 10.1. The maximum absolute atomic E-state index is 13.8. The molecular formula is C22H29F2IN4O. The summed E-state index contributed by atoms with van der Waals surface area (Å²) in [5, 5.41) is 6.24. The molecule has 164 valence electrons. The number of aliphatic imine (C=N–C) groups is 1. The van der Waals surface area contributed by atoms with Crippen molar-refractivity contribution in [3.05, 3.63) is 70.8 Å². The maximum Gasteiger partial charge on any atom is 0.191 e. The molecule has 1 aliphatic heterocycles. The molecule has 0 aliphatic carbocycles. The van der Waals surface area contributed by atoms with Gasteiger partial charge >= 0.3 is 0 Å². The second kappa shape index (κ2) is 12.2. The molecule has 5 nitrogen and oxygen atoms in total. The van der Waals surface area contributed by atoms with Crippen LogP contribution in [0.5, 0.6) is 0 Å². The van der Waals surface area contributed by atoms with Gasteiger partial charge in [-0.1, -0.05) is 24.3 Å². The van der Waals surface area contributed by atoms with Crippen molar-refractivity contribution in [3.63, 3.8) is 0 Å². The van der Waals surface area contributed by atoms with E-state index in [1.165, 1.54) is 11.6 Å². The molecule has 1 aliphatic rings. The van der Waals surface area contributed by atoms with E-state index in [0.717, 1.165) is 43.9 Å². The normalized spacial score (nSPS) is 17.3. The third-order valence-corrected chi connectivity index (χ3v) is 4.86. The minimum Gasteiger partial charge on any atom is -0.376 e. The number of rotatable bonds is 6. The monoisotopic (exact) mass is 530 g/mol. The molecule has 0 amide bonds. The highest BCUT2D eigenvalue weighted by Gasteiger charge is 2.16. The van der Waals surface area contributed by atoms with Crippen LogP contribution in [0.25, 0.3) is 0 Å². The second-order valence-corrected chi connectivity index (χ2v) is 7.25. The predicted molar refractivity (Wildman–Crippen MR) is 126 cm³/mol. The number of halogens is 3. The summed E-state index contributed by atoms with van der Waals surface area (Å²) in [7, 11) is 1.65. The van der Waals surface area contributed by atoms with E-state index < -0.39 is 11.6 Å². The first-order chi connectivity index (χ1) is 14.0. The Bertz CT molecular complexity index is 850. The van der Waals surface area contributed by atoms with Crippen molar-refractivity contribution < 1.29 is 13.5 Å². The smallest absolute Gasteiger partial charge is 0.191 e. The summed E-state index contributed by atoms with van der Waals surface area (Å²) in [6.45, 7) is 6.39. The Morgan fingerprint density at radius 2 is 1.90 bits per heavy atom. The molecule has 0 radical (unpaired) electrons. The number of nitrogens with zero attached hydrogens (tertiary/aromatic N) is 2. The highest BCUT2D eigenvalue weighted by atomic mass is 127. The van der Waals surface area contributed by atoms with Crippen molar-refractivity contribution in [2.75, 3.05) is 26.7 Å². The SMILES string of the molecule is CN=C(NCc1cccc(CN2CCOC(C)C2)c1)NCc1cc(F)ccc1F.I. The van der Waals surface area contributed by atoms with Crippen molar-refractivity contribution in [3.8, 4) is 0 Å². The van der Waals surface area contributed by atoms with Crippen molar-refractivity contribution in [2.24, 2.45) is 4.99 Å². The van der Waals surface area contributed by atoms with Gasteiger partial charge in [-0.3, -0.25) is 9.89 Å². The fourth-order valence-corrected chi connectivity index (χ4v) is 3.39. The van der Waals surface area contributed by atoms with Gasteiger partial charge < -0.3 is 15.4 Å². The van der Waals surface area contributed by atoms with Crippen molar-refractivity contribution in [1.29, 1.82) is 0 Å². The Kier molecular flexibility index (Phi) is 9.93. The Morgan fingerprint density at radius 1 is 1.13 bits per heavy atom. The van der Waals surface area contributed by atoms with E-state index in [1.54, 1.807) is 7.05 Å². The second-order valence-electron chi connectivity index (χ2n) is 7.25. The van der Waals surface area contributed by atoms with Crippen LogP contribution in [0.3, 0.4) is 0 Å². The van der Waals surface area contributed by atoms with Gasteiger partial charge in [0.1, 0.15) is 11.6 Å². The lowest BCUT2D eigenvalue weighted by Gasteiger charge is -2.31. The van der Waals surface area contributed by atoms with Crippen molar-refractivity contribution in [1.82, 2.24) is 15.5 Å². The Hall–Kier alpha value is -1.78. The Morgan fingerprint density at radius 3 is 2.67 bits per heavy atom. The Balaban J connectivity index is 0.00000320. The quantitative estimate of drug-likeness (QED) is 0.340. The molecule has 2 aromatic rings. The molecule has 1 saturated heterocycles. The van der Waals surface area contributed by atoms with Gasteiger partial charge in [0.25, 0.3) is 0 Å². The van der Waals surface area contributed by atoms with E-state index in [9.17, 15) is 8.78 Å². The highest BCUT2D eigenvalue weighted by Crippen LogP contribution is 2.12. The largest absolute Gasteiger partial charge is 0.376 e. The Labute approximate surface area is 193 Å². The van der Waals surface area contributed by atoms with Crippen LogP contribution in [0, 0.1) is 11.6 Å². The maximum atomic E-state index is 13.8. The van der Waals surface area contributed by atoms with Gasteiger partial charge in [-0.25, -0.2) is 8.78 Å². The van der Waals surface area contributed by atoms with Gasteiger partial charge in [0.05, 0.1) is 12.7 Å². The first kappa shape index (κ1) is 24.5. The standard InChI is InChI=1S/C22H28F2N4O.HI/c1-16-14-28(8-9-29-16)15-18-5-3-4-17(10-18)12-26-22(25-2)27-13-19-11-20(23)6-7-21(19)24;/h3-7,10-11,16H,8-9,12-15H2,1-2H3,(H2,25,26,27);1H. The minimum atomic E-state index is -0.461. The molecule has 0 aromatic heterocycles. The van der Waals surface area contributed by atoms with Crippen LogP contribution in [0.1, 0.15) is 23.6 Å². The number of morpholine rings is 1. The summed E-state index contributed by atoms with van der Waals surface area (Å²) in [4.78, 5) is 6.55. The van der Waals surface area contributed by atoms with Crippen LogP contribution < -0.4 is 10.6 Å². The van der Waals surface area contributed by atoms with Crippen LogP contribution >= 0.6 is 24.0 Å². The van der Waals surface area contributed by atoms with E-state index in [4.69, 9.17) is 4.74 Å². The lowest BCUT2D eigenvalue weighted by molar-refractivity contribution is -0.0212. The number of benzene rings is 2. The molecule has 0 spiro atoms. The zero-order chi connectivity index (χ0) is 20.6. The molecule has 30 heavy (non-hydrogen) atoms. The summed E-state index contributed by atoms with van der Waals surface area (Å²) < 4.78 is 32.7. The van der Waals surface area contributed by atoms with E-state index in [2.05, 4.69) is 51.7 Å². The fraction of sp³-hybridized carbons (Fsp3) is 0.409. The zero-order valence-corrected chi connectivity index (χ0v) is 19.7. The van der Waals surface area contributed by atoms with Crippen LogP contribution in [0.15, 0.2) is 47.5 Å². The first-order valence-corrected chi connectivity index (χ1v) is 9.83. The topological polar surface area (TPSA) is 48.9 Å². The fourth-order valence-electron chi connectivity index (χ4n) is 3.39. The van der Waals surface area contributed by atoms with E-state index in [1.807, 2.05) is 0 Å². The average Bonchev–Trinajstić information content (AvgIpc) is 2.71. The minimum absolute atomic E-state index is 0. The van der Waals surface area contributed by atoms with Crippen molar-refractivity contribution in [2.45, 2.75) is 32.7 Å². The summed E-state index contributed by atoms with van der Waals surface area (Å²) in [6, 6.07) is 11.8. The third kappa shape index (κ3) is 7.48. The number of guanidine groups is 1. The van der Waals surface area contributed by atoms with Gasteiger partial charge in [0.2, 0.25) is 0 Å². The first-order valence-electron chi connectivity index (χ1n) is 9.83. The molecule has 2 N–H and O–H groups in total. The van der Waals surface area contributed by atoms with Crippen LogP contribution in [0.2, 0.25) is 0 Å². The number of ether oxygens (including phenoxy) is 1. The molecular weight excluding hydrogens is 501 g/mol. The van der Waals surface area contributed by atoms with E-state index in [-0.39, 0.29) is 42.2 Å². The van der Waals surface area contributed by atoms with Crippen LogP contribution in [0.4, 0.5) is 8.78 Å². The summed E-state index contributed by atoms with van der Waals surface area (Å²) in [6.07, 6.45) is 0.269. The van der Waals surface area contributed by atoms with Gasteiger partial charge in [-0.2, -0.15) is 0 Å². The lowest BCUT2D eigenvalue weighted by Crippen LogP contribution is -2.40. The van der Waals surface area contributed by atoms with Crippen LogP contribution in [-0.4, -0.2) is 43.7 Å². The molecule has 0 saturated carbocycles. The van der Waals surface area contributed by atoms with Gasteiger partial charge in [-0.15, -0.1) is 24.0 Å². The number of nitrogens with one attached hydrogen (secondary N) is 2. The van der Waals surface area contributed by atoms with Gasteiger partial charge in [0.15, 0.2) is 5.96 Å². The van der Waals surface area contributed by atoms with Gasteiger partial charge in [-0.05, 0) is 36.2 Å². The predicted octanol–water partition coefficient (Wildman–Crippen LogP) is 3.67. The number of hydrogen-bond acceptors (Lipinski definition) is 3. The third-order valence-electron chi connectivity index (χ3n) is 4.86. The molecule has 0 bridgehead atoms. The molecule has 3 rings (SSSR count). The van der Waals surface area contributed by atoms with E-state index in [0.29, 0.717) is 12.5 Å². The average molecular weight is 530 g/mol. The van der Waals surface area contributed by atoms with Gasteiger partial charge in [0, 0.05) is 45.3 Å². The van der Waals surface area contributed by atoms with Crippen molar-refractivity contribution >= 4 is 29.9 Å². The molecule has 1 heterocycles. The van der Waals surface area contributed by atoms with E-state index >= 15 is 0 Å². The molecule has 1 atom stereocenters. The van der Waals surface area contributed by atoms with Crippen LogP contribution in [-0.2, 0) is 24.4 Å². The zero-order valence-electron chi connectivity index (χ0n) is 17.3. The molecule has 8 heteroatoms. The molecule has 2 aromatic carbocycles. The summed E-state index contributed by atoms with van der Waals surface area (Å²) >= 11 is 0. The summed E-state index contributed by atoms with van der Waals surface area (Å²) in [5.74, 6) is -0.377. The molecule has 1 fully saturated rings. The number of hydrogen-bond donors (Lipinski definition) is 2. The molecule has 1 unspecified atom stereocenters. The highest BCUT2D eigenvalue weighted by molar-refractivity contribution is 14.0. The summed E-state index contributed by atoms with van der Waals surface area (Å²) in [5.41, 5.74) is 2.64.